The first-order valence-electron chi connectivity index (χ1n) is 9.40. The summed E-state index contributed by atoms with van der Waals surface area (Å²) in [7, 11) is 0. The van der Waals surface area contributed by atoms with Gasteiger partial charge >= 0.3 is 0 Å². The summed E-state index contributed by atoms with van der Waals surface area (Å²) in [4.78, 5) is 29.3. The number of aromatic nitrogens is 3. The molecule has 6 nitrogen and oxygen atoms in total. The van der Waals surface area contributed by atoms with Gasteiger partial charge < -0.3 is 5.32 Å². The quantitative estimate of drug-likeness (QED) is 0.844. The Bertz CT molecular complexity index is 822. The Morgan fingerprint density at radius 2 is 1.73 bits per heavy atom. The number of rotatable bonds is 2. The number of aromatic amines is 1. The number of carbonyl (C=O) groups excluding carboxylic acids is 1. The normalized spacial score (nSPS) is 22.0. The first kappa shape index (κ1) is 17.4. The third-order valence-corrected chi connectivity index (χ3v) is 6.58. The molecule has 1 fully saturated rings. The minimum atomic E-state index is -0.162. The molecular formula is C19H24N4O2S. The molecule has 138 valence electrons. The van der Waals surface area contributed by atoms with Gasteiger partial charge in [-0.25, -0.2) is 0 Å². The lowest BCUT2D eigenvalue weighted by molar-refractivity contribution is -0.113. The van der Waals surface area contributed by atoms with Crippen molar-refractivity contribution in [2.75, 3.05) is 11.1 Å². The van der Waals surface area contributed by atoms with Crippen LogP contribution in [0.5, 0.6) is 0 Å². The van der Waals surface area contributed by atoms with E-state index < -0.39 is 0 Å². The van der Waals surface area contributed by atoms with Crippen molar-refractivity contribution in [1.29, 1.82) is 0 Å². The Kier molecular flexibility index (Phi) is 5.15. The molecule has 7 heteroatoms. The summed E-state index contributed by atoms with van der Waals surface area (Å²) >= 11 is 1.50. The van der Waals surface area contributed by atoms with E-state index in [0.29, 0.717) is 17.1 Å². The molecule has 1 aliphatic carbocycles. The van der Waals surface area contributed by atoms with Crippen LogP contribution >= 0.6 is 11.8 Å². The van der Waals surface area contributed by atoms with Crippen LogP contribution in [0.2, 0.25) is 0 Å². The number of thioether (sulfide) groups is 1. The third kappa shape index (κ3) is 3.45. The molecule has 1 saturated carbocycles. The molecule has 4 rings (SSSR count). The van der Waals surface area contributed by atoms with Crippen LogP contribution in [0, 0.1) is 0 Å². The lowest BCUT2D eigenvalue weighted by Crippen LogP contribution is -2.20. The number of nitrogens with zero attached hydrogens (tertiary/aromatic N) is 2. The summed E-state index contributed by atoms with van der Waals surface area (Å²) in [5.41, 5.74) is 1.57. The molecule has 1 atom stereocenters. The van der Waals surface area contributed by atoms with Gasteiger partial charge in [0.05, 0.1) is 22.6 Å². The number of nitrogens with one attached hydrogen (secondary N) is 2. The molecule has 2 aromatic heterocycles. The predicted molar refractivity (Wildman–Crippen MR) is 104 cm³/mol. The van der Waals surface area contributed by atoms with E-state index in [9.17, 15) is 9.59 Å². The number of carbonyl (C=O) groups is 1. The molecule has 2 aliphatic rings. The Hall–Kier alpha value is -2.02. The zero-order chi connectivity index (χ0) is 17.9. The maximum Gasteiger partial charge on any atom is 0.270 e. The van der Waals surface area contributed by atoms with Gasteiger partial charge in [-0.05, 0) is 30.5 Å². The van der Waals surface area contributed by atoms with E-state index in [2.05, 4.69) is 15.4 Å². The highest BCUT2D eigenvalue weighted by Crippen LogP contribution is 2.41. The molecular weight excluding hydrogens is 348 g/mol. The molecule has 26 heavy (non-hydrogen) atoms. The van der Waals surface area contributed by atoms with Crippen molar-refractivity contribution < 1.29 is 4.79 Å². The Morgan fingerprint density at radius 3 is 2.46 bits per heavy atom. The van der Waals surface area contributed by atoms with Gasteiger partial charge in [-0.3, -0.25) is 24.4 Å². The minimum absolute atomic E-state index is 0.0496. The van der Waals surface area contributed by atoms with Gasteiger partial charge in [-0.1, -0.05) is 32.1 Å². The van der Waals surface area contributed by atoms with E-state index in [-0.39, 0.29) is 22.8 Å². The maximum absolute atomic E-state index is 12.9. The summed E-state index contributed by atoms with van der Waals surface area (Å²) in [6.07, 6.45) is 11.7. The van der Waals surface area contributed by atoms with Crippen molar-refractivity contribution in [3.05, 3.63) is 46.0 Å². The fraction of sp³-hybridized carbons (Fsp3) is 0.526. The Balaban J connectivity index is 1.77. The molecule has 0 bridgehead atoms. The van der Waals surface area contributed by atoms with Crippen LogP contribution < -0.4 is 10.9 Å². The third-order valence-electron chi connectivity index (χ3n) is 5.31. The highest BCUT2D eigenvalue weighted by atomic mass is 32.2. The average molecular weight is 372 g/mol. The molecule has 1 aliphatic heterocycles. The van der Waals surface area contributed by atoms with Crippen molar-refractivity contribution in [2.45, 2.75) is 56.2 Å². The minimum Gasteiger partial charge on any atom is -0.310 e. The van der Waals surface area contributed by atoms with Gasteiger partial charge in [-0.2, -0.15) is 0 Å². The Morgan fingerprint density at radius 1 is 1.04 bits per heavy atom. The van der Waals surface area contributed by atoms with Crippen LogP contribution in [0.3, 0.4) is 0 Å². The van der Waals surface area contributed by atoms with Gasteiger partial charge in [0.2, 0.25) is 5.91 Å². The van der Waals surface area contributed by atoms with E-state index in [1.165, 1.54) is 31.0 Å². The molecule has 1 amide bonds. The van der Waals surface area contributed by atoms with Crippen LogP contribution in [-0.2, 0) is 4.79 Å². The molecule has 2 N–H and O–H groups in total. The van der Waals surface area contributed by atoms with E-state index in [0.717, 1.165) is 31.2 Å². The molecule has 3 heterocycles. The lowest BCUT2D eigenvalue weighted by atomic mass is 9.97. The van der Waals surface area contributed by atoms with Crippen LogP contribution in [0.4, 0.5) is 5.82 Å². The zero-order valence-electron chi connectivity index (χ0n) is 14.7. The van der Waals surface area contributed by atoms with Gasteiger partial charge in [0.1, 0.15) is 5.82 Å². The number of hydrogen-bond donors (Lipinski definition) is 2. The second kappa shape index (κ2) is 7.70. The second-order valence-electron chi connectivity index (χ2n) is 7.09. The van der Waals surface area contributed by atoms with Crippen molar-refractivity contribution in [2.24, 2.45) is 0 Å². The number of hydrogen-bond acceptors (Lipinski definition) is 4. The van der Waals surface area contributed by atoms with Gasteiger partial charge in [-0.15, -0.1) is 11.8 Å². The fourth-order valence-corrected chi connectivity index (χ4v) is 5.14. The molecule has 0 unspecified atom stereocenters. The smallest absolute Gasteiger partial charge is 0.270 e. The number of pyridine rings is 1. The van der Waals surface area contributed by atoms with E-state index in [1.54, 1.807) is 12.4 Å². The van der Waals surface area contributed by atoms with Crippen LogP contribution in [0.15, 0.2) is 29.3 Å². The highest BCUT2D eigenvalue weighted by molar-refractivity contribution is 8.00. The van der Waals surface area contributed by atoms with Gasteiger partial charge in [0, 0.05) is 12.4 Å². The first-order valence-corrected chi connectivity index (χ1v) is 10.4. The molecule has 0 saturated heterocycles. The van der Waals surface area contributed by atoms with Crippen molar-refractivity contribution in [3.8, 4) is 0 Å². The molecule has 2 aromatic rings. The Labute approximate surface area is 156 Å². The van der Waals surface area contributed by atoms with E-state index in [1.807, 2.05) is 16.8 Å². The zero-order valence-corrected chi connectivity index (χ0v) is 15.6. The number of fused-ring (bicyclic) bond motifs is 1. The van der Waals surface area contributed by atoms with Crippen molar-refractivity contribution in [3.63, 3.8) is 0 Å². The monoisotopic (exact) mass is 372 g/mol. The number of anilines is 1. The second-order valence-corrected chi connectivity index (χ2v) is 8.19. The molecule has 0 radical (unpaired) electrons. The van der Waals surface area contributed by atoms with Crippen molar-refractivity contribution >= 4 is 23.5 Å². The standard InChI is InChI=1S/C19H24N4O2S/c24-15-12-26-17(13-8-10-20-11-9-13)16-18(21-15)23(22-19(16)25)14-6-4-2-1-3-5-7-14/h8-11,14,17H,1-7,12H2,(H,21,24)(H,22,25)/t17-/m0/s1. The topological polar surface area (TPSA) is 79.8 Å². The predicted octanol–water partition coefficient (Wildman–Crippen LogP) is 3.63. The number of amides is 1. The highest BCUT2D eigenvalue weighted by Gasteiger charge is 2.32. The fourth-order valence-electron chi connectivity index (χ4n) is 4.01. The molecule has 0 aromatic carbocycles. The summed E-state index contributed by atoms with van der Waals surface area (Å²) in [5.74, 6) is 0.954. The van der Waals surface area contributed by atoms with Crippen LogP contribution in [0.25, 0.3) is 0 Å². The van der Waals surface area contributed by atoms with Gasteiger partial charge in [0.25, 0.3) is 5.56 Å². The van der Waals surface area contributed by atoms with E-state index in [4.69, 9.17) is 0 Å². The summed E-state index contributed by atoms with van der Waals surface area (Å²) in [6, 6.07) is 4.08. The summed E-state index contributed by atoms with van der Waals surface area (Å²) in [6.45, 7) is 0. The average Bonchev–Trinajstić information content (AvgIpc) is 2.82. The SMILES string of the molecule is O=C1CS[C@@H](c2ccncc2)c2c(n(C3CCCCCCC3)[nH]c2=O)N1. The summed E-state index contributed by atoms with van der Waals surface area (Å²) in [5, 5.41) is 5.88. The van der Waals surface area contributed by atoms with Crippen LogP contribution in [-0.4, -0.2) is 26.4 Å². The first-order chi connectivity index (χ1) is 12.7. The van der Waals surface area contributed by atoms with Crippen LogP contribution in [0.1, 0.15) is 67.4 Å². The lowest BCUT2D eigenvalue weighted by Gasteiger charge is -2.23. The largest absolute Gasteiger partial charge is 0.310 e. The summed E-state index contributed by atoms with van der Waals surface area (Å²) < 4.78 is 1.95. The van der Waals surface area contributed by atoms with E-state index >= 15 is 0 Å². The number of H-pyrrole nitrogens is 1. The molecule has 0 spiro atoms. The van der Waals surface area contributed by atoms with Gasteiger partial charge in [0.15, 0.2) is 0 Å². The maximum atomic E-state index is 12.9. The van der Waals surface area contributed by atoms with Crippen molar-refractivity contribution in [1.82, 2.24) is 14.8 Å².